The summed E-state index contributed by atoms with van der Waals surface area (Å²) in [6, 6.07) is 15.8. The Morgan fingerprint density at radius 2 is 1.76 bits per heavy atom. The second-order valence-electron chi connectivity index (χ2n) is 6.92. The number of fused-ring (bicyclic) bond motifs is 1. The maximum absolute atomic E-state index is 13.0. The number of carbonyl (C=O) groups is 2. The molecule has 0 bridgehead atoms. The predicted octanol–water partition coefficient (Wildman–Crippen LogP) is 2.05. The van der Waals surface area contributed by atoms with Gasteiger partial charge in [-0.05, 0) is 24.3 Å². The smallest absolute Gasteiger partial charge is 0.400 e. The van der Waals surface area contributed by atoms with Crippen LogP contribution in [0.5, 0.6) is 0 Å². The molecule has 34 heavy (non-hydrogen) atoms. The number of nitrogens with zero attached hydrogens (tertiary/aromatic N) is 3. The number of aromatic nitrogens is 2. The highest BCUT2D eigenvalue weighted by molar-refractivity contribution is 5.99. The van der Waals surface area contributed by atoms with Crippen LogP contribution in [-0.4, -0.2) is 33.1 Å². The number of hydrazone groups is 1. The van der Waals surface area contributed by atoms with Gasteiger partial charge >= 0.3 is 5.88 Å². The molecule has 12 heteroatoms. The molecule has 0 aliphatic heterocycles. The zero-order valence-corrected chi connectivity index (χ0v) is 17.3. The van der Waals surface area contributed by atoms with Crippen molar-refractivity contribution in [3.05, 3.63) is 104 Å². The molecule has 0 unspecified atom stereocenters. The minimum atomic E-state index is -1.34. The van der Waals surface area contributed by atoms with Gasteiger partial charge in [-0.2, -0.15) is 10.2 Å². The summed E-state index contributed by atoms with van der Waals surface area (Å²) in [7, 11) is 0. The summed E-state index contributed by atoms with van der Waals surface area (Å²) in [6.07, 6.45) is 1.07. The predicted molar refractivity (Wildman–Crippen MR) is 120 cm³/mol. The van der Waals surface area contributed by atoms with E-state index in [9.17, 15) is 24.5 Å². The molecule has 0 saturated carbocycles. The number of carbonyl (C=O) groups excluding carboxylic acids is 2. The van der Waals surface area contributed by atoms with E-state index in [1.807, 2.05) is 0 Å². The summed E-state index contributed by atoms with van der Waals surface area (Å²) >= 11 is 0. The molecular formula is C22H16N6O6. The molecule has 0 aliphatic carbocycles. The Kier molecular flexibility index (Phi) is 6.21. The van der Waals surface area contributed by atoms with Crippen LogP contribution in [0.2, 0.25) is 0 Å². The first-order valence-corrected chi connectivity index (χ1v) is 9.84. The lowest BCUT2D eigenvalue weighted by atomic mass is 10.0. The SMILES string of the molecule is O=C(N[C@H](C(=O)N/N=C\c1ccc([N+](=O)[O-])o1)c1n[nH]c(=O)c2ccccc12)c1ccccc1. The standard InChI is InChI=1S/C22H16N6O6/c29-20(13-6-2-1-3-7-13)24-19(18-15-8-4-5-9-16(15)21(30)27-25-18)22(31)26-23-12-14-10-11-17(34-14)28(32)33/h1-12,19H,(H,24,29)(H,26,31)(H,27,30)/b23-12-/t19-/m0/s1. The van der Waals surface area contributed by atoms with Gasteiger partial charge in [-0.3, -0.25) is 24.5 Å². The molecule has 3 N–H and O–H groups in total. The fourth-order valence-electron chi connectivity index (χ4n) is 3.15. The minimum Gasteiger partial charge on any atom is -0.400 e. The molecule has 2 heterocycles. The molecule has 0 spiro atoms. The molecule has 0 saturated heterocycles. The molecule has 4 rings (SSSR count). The number of hydrogen-bond donors (Lipinski definition) is 3. The normalized spacial score (nSPS) is 11.9. The van der Waals surface area contributed by atoms with Gasteiger partial charge in [0.05, 0.1) is 17.7 Å². The van der Waals surface area contributed by atoms with Crippen LogP contribution >= 0.6 is 0 Å². The Morgan fingerprint density at radius 3 is 2.47 bits per heavy atom. The molecule has 170 valence electrons. The number of rotatable bonds is 7. The lowest BCUT2D eigenvalue weighted by Gasteiger charge is -2.18. The largest absolute Gasteiger partial charge is 0.433 e. The van der Waals surface area contributed by atoms with Crippen molar-refractivity contribution in [1.82, 2.24) is 20.9 Å². The minimum absolute atomic E-state index is 0.0319. The summed E-state index contributed by atoms with van der Waals surface area (Å²) in [5.74, 6) is -1.77. The van der Waals surface area contributed by atoms with Crippen LogP contribution < -0.4 is 16.3 Å². The van der Waals surface area contributed by atoms with E-state index in [0.29, 0.717) is 10.9 Å². The van der Waals surface area contributed by atoms with Crippen LogP contribution in [0.25, 0.3) is 10.8 Å². The molecule has 2 amide bonds. The van der Waals surface area contributed by atoms with E-state index in [-0.39, 0.29) is 16.8 Å². The van der Waals surface area contributed by atoms with Gasteiger partial charge in [0.15, 0.2) is 11.8 Å². The number of benzene rings is 2. The number of furan rings is 1. The molecule has 4 aromatic rings. The third-order valence-electron chi connectivity index (χ3n) is 4.73. The van der Waals surface area contributed by atoms with Crippen LogP contribution in [0, 0.1) is 10.1 Å². The van der Waals surface area contributed by atoms with Crippen molar-refractivity contribution in [1.29, 1.82) is 0 Å². The first-order chi connectivity index (χ1) is 16.4. The summed E-state index contributed by atoms with van der Waals surface area (Å²) in [5, 5.41) is 24.1. The maximum atomic E-state index is 13.0. The fourth-order valence-corrected chi connectivity index (χ4v) is 3.15. The fraction of sp³-hybridized carbons (Fsp3) is 0.0455. The van der Waals surface area contributed by atoms with Gasteiger partial charge < -0.3 is 9.73 Å². The first kappa shape index (κ1) is 22.1. The van der Waals surface area contributed by atoms with Gasteiger partial charge in [-0.15, -0.1) is 0 Å². The Labute approximate surface area is 190 Å². The highest BCUT2D eigenvalue weighted by Gasteiger charge is 2.27. The van der Waals surface area contributed by atoms with E-state index in [1.54, 1.807) is 54.6 Å². The number of H-pyrrole nitrogens is 1. The van der Waals surface area contributed by atoms with E-state index < -0.39 is 34.2 Å². The van der Waals surface area contributed by atoms with Crippen molar-refractivity contribution in [3.8, 4) is 0 Å². The monoisotopic (exact) mass is 460 g/mol. The Bertz CT molecular complexity index is 1460. The van der Waals surface area contributed by atoms with Crippen molar-refractivity contribution in [3.63, 3.8) is 0 Å². The van der Waals surface area contributed by atoms with Gasteiger partial charge in [0, 0.05) is 10.9 Å². The third-order valence-corrected chi connectivity index (χ3v) is 4.73. The lowest BCUT2D eigenvalue weighted by molar-refractivity contribution is -0.402. The number of nitro groups is 1. The molecular weight excluding hydrogens is 444 g/mol. The van der Waals surface area contributed by atoms with E-state index in [1.165, 1.54) is 6.07 Å². The molecule has 0 radical (unpaired) electrons. The van der Waals surface area contributed by atoms with Crippen molar-refractivity contribution in [2.75, 3.05) is 0 Å². The van der Waals surface area contributed by atoms with Crippen LogP contribution in [0.1, 0.15) is 27.9 Å². The average molecular weight is 460 g/mol. The topological polar surface area (TPSA) is 173 Å². The summed E-state index contributed by atoms with van der Waals surface area (Å²) in [4.78, 5) is 48.0. The quantitative estimate of drug-likeness (QED) is 0.215. The third kappa shape index (κ3) is 4.70. The van der Waals surface area contributed by atoms with E-state index in [2.05, 4.69) is 26.0 Å². The maximum Gasteiger partial charge on any atom is 0.433 e. The van der Waals surface area contributed by atoms with Gasteiger partial charge in [-0.25, -0.2) is 10.5 Å². The average Bonchev–Trinajstić information content (AvgIpc) is 3.33. The zero-order chi connectivity index (χ0) is 24.1. The van der Waals surface area contributed by atoms with Crippen molar-refractivity contribution >= 4 is 34.7 Å². The number of aromatic amines is 1. The summed E-state index contributed by atoms with van der Waals surface area (Å²) in [6.45, 7) is 0. The molecule has 2 aromatic carbocycles. The van der Waals surface area contributed by atoms with Gasteiger partial charge in [-0.1, -0.05) is 36.4 Å². The second kappa shape index (κ2) is 9.56. The highest BCUT2D eigenvalue weighted by atomic mass is 16.6. The zero-order valence-electron chi connectivity index (χ0n) is 17.3. The van der Waals surface area contributed by atoms with Crippen molar-refractivity contribution in [2.24, 2.45) is 5.10 Å². The van der Waals surface area contributed by atoms with E-state index in [4.69, 9.17) is 4.42 Å². The van der Waals surface area contributed by atoms with Crippen LogP contribution in [0.15, 0.2) is 81.0 Å². The Morgan fingerprint density at radius 1 is 1.06 bits per heavy atom. The van der Waals surface area contributed by atoms with Gasteiger partial charge in [0.25, 0.3) is 17.4 Å². The summed E-state index contributed by atoms with van der Waals surface area (Å²) < 4.78 is 4.94. The van der Waals surface area contributed by atoms with Crippen molar-refractivity contribution < 1.29 is 18.9 Å². The second-order valence-corrected chi connectivity index (χ2v) is 6.92. The number of hydrogen-bond acceptors (Lipinski definition) is 8. The Hall–Kier alpha value is -5.13. The molecule has 12 nitrogen and oxygen atoms in total. The van der Waals surface area contributed by atoms with E-state index >= 15 is 0 Å². The molecule has 1 atom stereocenters. The van der Waals surface area contributed by atoms with E-state index in [0.717, 1.165) is 12.3 Å². The highest BCUT2D eigenvalue weighted by Crippen LogP contribution is 2.20. The first-order valence-electron chi connectivity index (χ1n) is 9.84. The van der Waals surface area contributed by atoms with Crippen LogP contribution in [0.4, 0.5) is 5.88 Å². The van der Waals surface area contributed by atoms with Crippen LogP contribution in [0.3, 0.4) is 0 Å². The number of nitrogens with one attached hydrogen (secondary N) is 3. The molecule has 2 aromatic heterocycles. The van der Waals surface area contributed by atoms with Crippen molar-refractivity contribution in [2.45, 2.75) is 6.04 Å². The van der Waals surface area contributed by atoms with Gasteiger partial charge in [0.2, 0.25) is 0 Å². The lowest BCUT2D eigenvalue weighted by Crippen LogP contribution is -2.40. The molecule has 0 aliphatic rings. The summed E-state index contributed by atoms with van der Waals surface area (Å²) in [5.41, 5.74) is 2.21. The number of amides is 2. The van der Waals surface area contributed by atoms with Crippen LogP contribution in [-0.2, 0) is 4.79 Å². The van der Waals surface area contributed by atoms with Gasteiger partial charge in [0.1, 0.15) is 10.6 Å². The Balaban J connectivity index is 1.65. The molecule has 0 fully saturated rings.